The lowest BCUT2D eigenvalue weighted by Crippen LogP contribution is -2.24. The maximum absolute atomic E-state index is 13.7. The number of nitrogens with zero attached hydrogens (tertiary/aromatic N) is 3. The molecule has 1 aliphatic rings. The molecular formula is C12H13F2N3O4S. The lowest BCUT2D eigenvalue weighted by atomic mass is 10.1. The highest BCUT2D eigenvalue weighted by molar-refractivity contribution is 8.07. The molecule has 1 aliphatic heterocycles. The van der Waals surface area contributed by atoms with Crippen molar-refractivity contribution in [1.82, 2.24) is 0 Å². The second kappa shape index (κ2) is 5.59. The lowest BCUT2D eigenvalue weighted by molar-refractivity contribution is -0.481. The van der Waals surface area contributed by atoms with Gasteiger partial charge in [-0.05, 0) is 26.0 Å². The van der Waals surface area contributed by atoms with Crippen molar-refractivity contribution in [2.24, 2.45) is 9.63 Å². The molecule has 120 valence electrons. The van der Waals surface area contributed by atoms with Crippen LogP contribution in [0.1, 0.15) is 25.8 Å². The Morgan fingerprint density at radius 3 is 2.50 bits per heavy atom. The van der Waals surface area contributed by atoms with Gasteiger partial charge in [-0.2, -0.15) is 0 Å². The van der Waals surface area contributed by atoms with Crippen LogP contribution in [0.5, 0.6) is 0 Å². The minimum absolute atomic E-state index is 0.0131. The van der Waals surface area contributed by atoms with E-state index in [1.807, 2.05) is 0 Å². The third kappa shape index (κ3) is 3.38. The van der Waals surface area contributed by atoms with Gasteiger partial charge in [0.15, 0.2) is 19.8 Å². The van der Waals surface area contributed by atoms with Gasteiger partial charge in [-0.15, -0.1) is 0 Å². The highest BCUT2D eigenvalue weighted by Crippen LogP contribution is 2.28. The van der Waals surface area contributed by atoms with Crippen molar-refractivity contribution in [3.05, 3.63) is 45.5 Å². The molecule has 7 nitrogen and oxygen atoms in total. The van der Waals surface area contributed by atoms with E-state index < -0.39 is 43.3 Å². The molecule has 0 saturated carbocycles. The normalized spacial score (nSPS) is 19.0. The van der Waals surface area contributed by atoms with Crippen LogP contribution >= 0.6 is 0 Å². The molecule has 1 atom stereocenters. The van der Waals surface area contributed by atoms with E-state index in [4.69, 9.17) is 4.84 Å². The number of halogens is 2. The van der Waals surface area contributed by atoms with Gasteiger partial charge in [0.25, 0.3) is 0 Å². The van der Waals surface area contributed by atoms with Gasteiger partial charge in [-0.25, -0.2) is 23.1 Å². The van der Waals surface area contributed by atoms with Crippen molar-refractivity contribution in [3.8, 4) is 0 Å². The smallest absolute Gasteiger partial charge is 0.200 e. The largest absolute Gasteiger partial charge is 0.389 e. The van der Waals surface area contributed by atoms with E-state index in [0.717, 1.165) is 18.2 Å². The molecule has 0 saturated heterocycles. The first-order chi connectivity index (χ1) is 10.1. The molecule has 0 amide bonds. The van der Waals surface area contributed by atoms with Crippen molar-refractivity contribution < 1.29 is 22.9 Å². The van der Waals surface area contributed by atoms with Crippen LogP contribution in [0.2, 0.25) is 0 Å². The first-order valence-electron chi connectivity index (χ1n) is 6.20. The molecular weight excluding hydrogens is 320 g/mol. The third-order valence-corrected chi connectivity index (χ3v) is 4.97. The Morgan fingerprint density at radius 1 is 1.45 bits per heavy atom. The first-order valence-corrected chi connectivity index (χ1v) is 7.88. The molecule has 1 aromatic carbocycles. The van der Waals surface area contributed by atoms with Crippen LogP contribution < -0.4 is 0 Å². The van der Waals surface area contributed by atoms with E-state index >= 15 is 0 Å². The maximum atomic E-state index is 13.7. The summed E-state index contributed by atoms with van der Waals surface area (Å²) in [6.45, 7) is 3.28. The van der Waals surface area contributed by atoms with Crippen LogP contribution in [0, 0.1) is 21.7 Å². The van der Waals surface area contributed by atoms with Crippen molar-refractivity contribution in [3.63, 3.8) is 0 Å². The van der Waals surface area contributed by atoms with Crippen LogP contribution in [0.4, 0.5) is 8.78 Å². The van der Waals surface area contributed by atoms with E-state index in [9.17, 15) is 23.1 Å². The molecule has 1 aromatic rings. The third-order valence-electron chi connectivity index (χ3n) is 2.94. The number of nitro groups is 1. The fourth-order valence-corrected chi connectivity index (χ4v) is 3.83. The Balaban J connectivity index is 2.49. The summed E-state index contributed by atoms with van der Waals surface area (Å²) in [6.07, 6.45) is 0.0131. The number of hydrogen-bond donors (Lipinski definition) is 0. The van der Waals surface area contributed by atoms with Gasteiger partial charge < -0.3 is 4.84 Å². The van der Waals surface area contributed by atoms with Gasteiger partial charge in [0.1, 0.15) is 21.7 Å². The summed E-state index contributed by atoms with van der Waals surface area (Å²) in [4.78, 5) is 15.7. The van der Waals surface area contributed by atoms with Gasteiger partial charge >= 0.3 is 0 Å². The van der Waals surface area contributed by atoms with Crippen molar-refractivity contribution in [1.29, 1.82) is 0 Å². The fourth-order valence-electron chi connectivity index (χ4n) is 1.91. The summed E-state index contributed by atoms with van der Waals surface area (Å²) >= 11 is 0. The minimum Gasteiger partial charge on any atom is -0.389 e. The second-order valence-corrected chi connectivity index (χ2v) is 7.52. The summed E-state index contributed by atoms with van der Waals surface area (Å²) in [7, 11) is -3.76. The molecule has 0 aromatic heterocycles. The molecule has 0 radical (unpaired) electrons. The minimum atomic E-state index is -3.76. The Morgan fingerprint density at radius 2 is 2.05 bits per heavy atom. The van der Waals surface area contributed by atoms with Crippen molar-refractivity contribution in [2.45, 2.75) is 31.6 Å². The van der Waals surface area contributed by atoms with Crippen LogP contribution in [-0.2, 0) is 20.3 Å². The zero-order valence-corrected chi connectivity index (χ0v) is 12.6. The zero-order chi connectivity index (χ0) is 16.5. The summed E-state index contributed by atoms with van der Waals surface area (Å²) in [5, 5.41) is 12.9. The summed E-state index contributed by atoms with van der Waals surface area (Å²) < 4.78 is 43.2. The summed E-state index contributed by atoms with van der Waals surface area (Å²) in [5.41, 5.74) is -1.34. The molecule has 10 heteroatoms. The standard InChI is InChI=1S/C12H13F2N3O4S/c1-12(2)6-11(15-21-12)22(20,16-17(18)19)7-8-9(13)4-3-5-10(8)14/h3-5H,6-7H2,1-2H3. The van der Waals surface area contributed by atoms with E-state index in [0.29, 0.717) is 0 Å². The monoisotopic (exact) mass is 333 g/mol. The molecule has 1 heterocycles. The van der Waals surface area contributed by atoms with Crippen molar-refractivity contribution >= 4 is 14.8 Å². The van der Waals surface area contributed by atoms with E-state index in [1.54, 1.807) is 13.8 Å². The highest BCUT2D eigenvalue weighted by atomic mass is 32.2. The second-order valence-electron chi connectivity index (χ2n) is 5.32. The SMILES string of the molecule is CC1(C)CC(S(=O)(Cc2c(F)cccc2F)=N[N+](=O)[O-])=NO1. The van der Waals surface area contributed by atoms with Crippen LogP contribution in [0.15, 0.2) is 27.8 Å². The predicted octanol–water partition coefficient (Wildman–Crippen LogP) is 2.64. The van der Waals surface area contributed by atoms with Gasteiger partial charge in [-0.1, -0.05) is 11.2 Å². The topological polar surface area (TPSA) is 94.2 Å². The van der Waals surface area contributed by atoms with Gasteiger partial charge in [0.2, 0.25) is 0 Å². The number of rotatable bonds is 3. The number of hydrogen-bond acceptors (Lipinski definition) is 5. The van der Waals surface area contributed by atoms with E-state index in [-0.39, 0.29) is 11.5 Å². The molecule has 1 unspecified atom stereocenters. The van der Waals surface area contributed by atoms with Crippen molar-refractivity contribution in [2.75, 3.05) is 0 Å². The molecule has 22 heavy (non-hydrogen) atoms. The van der Waals surface area contributed by atoms with E-state index in [1.165, 1.54) is 0 Å². The average Bonchev–Trinajstić information content (AvgIpc) is 2.74. The predicted molar refractivity (Wildman–Crippen MR) is 74.8 cm³/mol. The average molecular weight is 333 g/mol. The molecule has 0 spiro atoms. The van der Waals surface area contributed by atoms with Crippen LogP contribution in [0.25, 0.3) is 0 Å². The summed E-state index contributed by atoms with van der Waals surface area (Å²) in [5.74, 6) is -2.69. The quantitative estimate of drug-likeness (QED) is 0.627. The number of benzene rings is 1. The lowest BCUT2D eigenvalue weighted by Gasteiger charge is -2.13. The van der Waals surface area contributed by atoms with Crippen LogP contribution in [-0.4, -0.2) is 19.9 Å². The summed E-state index contributed by atoms with van der Waals surface area (Å²) in [6, 6.07) is 3.09. The Bertz CT molecular complexity index is 749. The van der Waals surface area contributed by atoms with Gasteiger partial charge in [0, 0.05) is 12.0 Å². The highest BCUT2D eigenvalue weighted by Gasteiger charge is 2.37. The molecule has 0 N–H and O–H groups in total. The zero-order valence-electron chi connectivity index (χ0n) is 11.8. The molecule has 0 fully saturated rings. The fraction of sp³-hybridized carbons (Fsp3) is 0.417. The van der Waals surface area contributed by atoms with Gasteiger partial charge in [0.05, 0.1) is 5.75 Å². The first kappa shape index (κ1) is 16.3. The molecule has 2 rings (SSSR count). The molecule has 0 bridgehead atoms. The van der Waals surface area contributed by atoms with Crippen LogP contribution in [0.3, 0.4) is 0 Å². The Kier molecular flexibility index (Phi) is 4.14. The molecule has 0 aliphatic carbocycles. The van der Waals surface area contributed by atoms with E-state index in [2.05, 4.69) is 9.63 Å². The maximum Gasteiger partial charge on any atom is 0.200 e. The van der Waals surface area contributed by atoms with Gasteiger partial charge in [-0.3, -0.25) is 0 Å². The number of oxime groups is 1. The Hall–Kier alpha value is -2.10. The Labute approximate surface area is 125 Å².